The maximum Gasteiger partial charge on any atom is 0.339 e. The number of hydrogen-bond acceptors (Lipinski definition) is 8. The lowest BCUT2D eigenvalue weighted by molar-refractivity contribution is -0.384. The largest absolute Gasteiger partial charge is 0.452 e. The summed E-state index contributed by atoms with van der Waals surface area (Å²) in [6.45, 7) is 3.81. The van der Waals surface area contributed by atoms with E-state index in [0.717, 1.165) is 11.2 Å². The number of ether oxygens (including phenoxy) is 1. The molecule has 0 saturated heterocycles. The van der Waals surface area contributed by atoms with Gasteiger partial charge in [0.2, 0.25) is 5.82 Å². The highest BCUT2D eigenvalue weighted by atomic mass is 16.6. The number of non-ortho nitro benzene ring substituents is 1. The van der Waals surface area contributed by atoms with Gasteiger partial charge in [-0.1, -0.05) is 37.2 Å². The van der Waals surface area contributed by atoms with Crippen LogP contribution in [0.2, 0.25) is 0 Å². The molecule has 9 heteroatoms. The van der Waals surface area contributed by atoms with Gasteiger partial charge in [-0.15, -0.1) is 0 Å². The molecular weight excluding hydrogens is 400 g/mol. The number of esters is 1. The fourth-order valence-corrected chi connectivity index (χ4v) is 3.03. The minimum atomic E-state index is -0.518. The van der Waals surface area contributed by atoms with E-state index in [1.165, 1.54) is 24.3 Å². The maximum atomic E-state index is 12.8. The van der Waals surface area contributed by atoms with E-state index in [4.69, 9.17) is 9.26 Å². The lowest BCUT2D eigenvalue weighted by atomic mass is 10.0. The van der Waals surface area contributed by atoms with Crippen LogP contribution in [0.1, 0.15) is 41.7 Å². The van der Waals surface area contributed by atoms with Crippen LogP contribution >= 0.6 is 0 Å². The van der Waals surface area contributed by atoms with Crippen LogP contribution in [0.5, 0.6) is 0 Å². The van der Waals surface area contributed by atoms with E-state index in [9.17, 15) is 14.9 Å². The molecule has 0 N–H and O–H groups in total. The Bertz CT molecular complexity index is 1260. The van der Waals surface area contributed by atoms with Gasteiger partial charge in [0.05, 0.1) is 16.0 Å². The molecule has 9 nitrogen and oxygen atoms in total. The number of aromatic nitrogens is 3. The summed E-state index contributed by atoms with van der Waals surface area (Å²) in [7, 11) is 0. The van der Waals surface area contributed by atoms with Gasteiger partial charge in [-0.05, 0) is 30.2 Å². The fraction of sp³-hybridized carbons (Fsp3) is 0.182. The molecule has 0 aliphatic carbocycles. The molecule has 0 unspecified atom stereocenters. The van der Waals surface area contributed by atoms with Gasteiger partial charge in [-0.2, -0.15) is 4.98 Å². The topological polar surface area (TPSA) is 121 Å². The van der Waals surface area contributed by atoms with Gasteiger partial charge >= 0.3 is 5.97 Å². The number of para-hydroxylation sites is 1. The highest BCUT2D eigenvalue weighted by molar-refractivity contribution is 6.03. The second-order valence-corrected chi connectivity index (χ2v) is 7.16. The summed E-state index contributed by atoms with van der Waals surface area (Å²) in [6.07, 6.45) is 0. The molecule has 2 aromatic carbocycles. The average molecular weight is 418 g/mol. The summed E-state index contributed by atoms with van der Waals surface area (Å²) in [5.74, 6) is -0.00603. The van der Waals surface area contributed by atoms with E-state index in [2.05, 4.69) is 15.1 Å². The molecule has 0 aliphatic heterocycles. The van der Waals surface area contributed by atoms with E-state index in [0.29, 0.717) is 16.5 Å². The first-order chi connectivity index (χ1) is 14.9. The molecule has 4 rings (SSSR count). The van der Waals surface area contributed by atoms with Crippen molar-refractivity contribution in [2.24, 2.45) is 0 Å². The number of nitro benzene ring substituents is 1. The molecule has 0 aliphatic rings. The molecule has 0 bridgehead atoms. The van der Waals surface area contributed by atoms with Crippen molar-refractivity contribution in [2.45, 2.75) is 26.4 Å². The Kier molecular flexibility index (Phi) is 5.40. The van der Waals surface area contributed by atoms with Crippen LogP contribution in [0.4, 0.5) is 5.69 Å². The number of carbonyl (C=O) groups excluding carboxylic acids is 1. The second-order valence-electron chi connectivity index (χ2n) is 7.16. The first-order valence-corrected chi connectivity index (χ1v) is 9.56. The van der Waals surface area contributed by atoms with Crippen LogP contribution in [0.3, 0.4) is 0 Å². The van der Waals surface area contributed by atoms with E-state index >= 15 is 0 Å². The Hall–Kier alpha value is -4.14. The number of pyridine rings is 1. The van der Waals surface area contributed by atoms with Crippen LogP contribution < -0.4 is 0 Å². The van der Waals surface area contributed by atoms with E-state index in [1.807, 2.05) is 38.1 Å². The smallest absolute Gasteiger partial charge is 0.339 e. The Morgan fingerprint density at radius 1 is 1.13 bits per heavy atom. The van der Waals surface area contributed by atoms with Gasteiger partial charge in [0.15, 0.2) is 6.61 Å². The van der Waals surface area contributed by atoms with Crippen molar-refractivity contribution in [1.29, 1.82) is 0 Å². The zero-order chi connectivity index (χ0) is 22.0. The molecule has 0 amide bonds. The van der Waals surface area contributed by atoms with Crippen molar-refractivity contribution in [2.75, 3.05) is 0 Å². The van der Waals surface area contributed by atoms with Crippen LogP contribution in [0.25, 0.3) is 22.3 Å². The van der Waals surface area contributed by atoms with Gasteiger partial charge in [-0.25, -0.2) is 4.79 Å². The van der Waals surface area contributed by atoms with Gasteiger partial charge in [0.1, 0.15) is 0 Å². The number of nitro groups is 1. The normalized spacial score (nSPS) is 11.1. The zero-order valence-corrected chi connectivity index (χ0v) is 16.8. The number of benzene rings is 2. The summed E-state index contributed by atoms with van der Waals surface area (Å²) in [5.41, 5.74) is 2.45. The van der Waals surface area contributed by atoms with Gasteiger partial charge in [0.25, 0.3) is 11.6 Å². The van der Waals surface area contributed by atoms with Gasteiger partial charge in [-0.3, -0.25) is 15.1 Å². The van der Waals surface area contributed by atoms with Crippen molar-refractivity contribution < 1.29 is 19.0 Å². The maximum absolute atomic E-state index is 12.8. The quantitative estimate of drug-likeness (QED) is 0.251. The minimum Gasteiger partial charge on any atom is -0.452 e. The molecule has 0 saturated carbocycles. The molecule has 0 radical (unpaired) electrons. The predicted octanol–water partition coefficient (Wildman–Crippen LogP) is 4.67. The average Bonchev–Trinajstić information content (AvgIpc) is 3.25. The molecule has 4 aromatic rings. The van der Waals surface area contributed by atoms with Crippen molar-refractivity contribution in [3.63, 3.8) is 0 Å². The third kappa shape index (κ3) is 4.25. The van der Waals surface area contributed by atoms with E-state index < -0.39 is 10.9 Å². The Morgan fingerprint density at radius 3 is 2.58 bits per heavy atom. The third-order valence-corrected chi connectivity index (χ3v) is 4.68. The number of rotatable bonds is 6. The van der Waals surface area contributed by atoms with Crippen LogP contribution in [-0.4, -0.2) is 26.0 Å². The standard InChI is InChI=1S/C22H18N4O5/c1-13(2)19-11-17(16-5-3-4-6-18(16)23-19)22(27)30-12-20-24-21(25-31-20)14-7-9-15(10-8-14)26(28)29/h3-11,13H,12H2,1-2H3. The summed E-state index contributed by atoms with van der Waals surface area (Å²) in [6, 6.07) is 14.9. The Balaban J connectivity index is 1.51. The van der Waals surface area contributed by atoms with Crippen molar-refractivity contribution >= 4 is 22.6 Å². The summed E-state index contributed by atoms with van der Waals surface area (Å²) in [5, 5.41) is 15.3. The molecule has 31 heavy (non-hydrogen) atoms. The number of hydrogen-bond donors (Lipinski definition) is 0. The predicted molar refractivity (Wildman–Crippen MR) is 111 cm³/mol. The fourth-order valence-electron chi connectivity index (χ4n) is 3.03. The van der Waals surface area contributed by atoms with Crippen LogP contribution in [0, 0.1) is 10.1 Å². The molecule has 2 heterocycles. The molecule has 0 fully saturated rings. The van der Waals surface area contributed by atoms with Crippen LogP contribution in [0.15, 0.2) is 59.1 Å². The monoisotopic (exact) mass is 418 g/mol. The Labute approximate surface area is 176 Å². The number of fused-ring (bicyclic) bond motifs is 1. The SMILES string of the molecule is CC(C)c1cc(C(=O)OCc2nc(-c3ccc([N+](=O)[O-])cc3)no2)c2ccccc2n1. The van der Waals surface area contributed by atoms with Gasteiger partial charge in [0, 0.05) is 28.8 Å². The zero-order valence-electron chi connectivity index (χ0n) is 16.8. The van der Waals surface area contributed by atoms with Crippen molar-refractivity contribution in [3.8, 4) is 11.4 Å². The van der Waals surface area contributed by atoms with E-state index in [-0.39, 0.29) is 29.9 Å². The van der Waals surface area contributed by atoms with E-state index in [1.54, 1.807) is 6.07 Å². The highest BCUT2D eigenvalue weighted by Crippen LogP contribution is 2.24. The lowest BCUT2D eigenvalue weighted by Crippen LogP contribution is -2.08. The van der Waals surface area contributed by atoms with Crippen molar-refractivity contribution in [1.82, 2.24) is 15.1 Å². The summed E-state index contributed by atoms with van der Waals surface area (Å²) < 4.78 is 10.6. The molecule has 2 aromatic heterocycles. The van der Waals surface area contributed by atoms with Crippen LogP contribution in [-0.2, 0) is 11.3 Å². The minimum absolute atomic E-state index is 0.0354. The molecule has 0 spiro atoms. The first-order valence-electron chi connectivity index (χ1n) is 9.56. The summed E-state index contributed by atoms with van der Waals surface area (Å²) >= 11 is 0. The molecular formula is C22H18N4O5. The molecule has 0 atom stereocenters. The Morgan fingerprint density at radius 2 is 1.87 bits per heavy atom. The third-order valence-electron chi connectivity index (χ3n) is 4.68. The lowest BCUT2D eigenvalue weighted by Gasteiger charge is -2.11. The number of nitrogens with zero attached hydrogens (tertiary/aromatic N) is 4. The van der Waals surface area contributed by atoms with Crippen molar-refractivity contribution in [3.05, 3.63) is 81.9 Å². The second kappa shape index (κ2) is 8.31. The highest BCUT2D eigenvalue weighted by Gasteiger charge is 2.18. The summed E-state index contributed by atoms with van der Waals surface area (Å²) in [4.78, 5) is 31.8. The van der Waals surface area contributed by atoms with Gasteiger partial charge < -0.3 is 9.26 Å². The number of carbonyl (C=O) groups is 1. The first kappa shape index (κ1) is 20.1. The molecule has 156 valence electrons.